The van der Waals surface area contributed by atoms with Crippen LogP contribution >= 0.6 is 0 Å². The molecule has 0 fully saturated rings. The van der Waals surface area contributed by atoms with Gasteiger partial charge in [-0.2, -0.15) is 0 Å². The predicted molar refractivity (Wildman–Crippen MR) is 134 cm³/mol. The van der Waals surface area contributed by atoms with Crippen LogP contribution in [-0.2, 0) is 26.2 Å². The summed E-state index contributed by atoms with van der Waals surface area (Å²) >= 11 is 0. The third kappa shape index (κ3) is 7.95. The quantitative estimate of drug-likeness (QED) is 0.449. The number of ether oxygens (including phenoxy) is 1. The van der Waals surface area contributed by atoms with Crippen LogP contribution in [0, 0.1) is 5.82 Å². The number of rotatable bonds is 13. The number of benzene rings is 2. The molecule has 10 heteroatoms. The molecule has 1 atom stereocenters. The Morgan fingerprint density at radius 2 is 1.83 bits per heavy atom. The molecule has 0 aliphatic heterocycles. The summed E-state index contributed by atoms with van der Waals surface area (Å²) in [6, 6.07) is 12.2. The van der Waals surface area contributed by atoms with Crippen molar-refractivity contribution in [3.8, 4) is 5.75 Å². The van der Waals surface area contributed by atoms with Gasteiger partial charge in [-0.3, -0.25) is 13.9 Å². The molecule has 8 nitrogen and oxygen atoms in total. The minimum Gasteiger partial charge on any atom is -0.497 e. The van der Waals surface area contributed by atoms with Crippen LogP contribution in [0.15, 0.2) is 48.5 Å². The zero-order valence-corrected chi connectivity index (χ0v) is 21.5. The number of methoxy groups -OCH3 is 1. The Morgan fingerprint density at radius 3 is 2.43 bits per heavy atom. The van der Waals surface area contributed by atoms with Gasteiger partial charge in [0.25, 0.3) is 0 Å². The van der Waals surface area contributed by atoms with E-state index in [1.54, 1.807) is 32.2 Å². The van der Waals surface area contributed by atoms with Gasteiger partial charge in [0.1, 0.15) is 17.6 Å². The van der Waals surface area contributed by atoms with Gasteiger partial charge in [0, 0.05) is 26.1 Å². The standard InChI is InChI=1S/C25H34FN3O5S/c1-5-22(25(31)27-6-2)28(18-19-11-9-12-20(17-19)34-3)24(30)15-10-16-29(35(4,32)33)23-14-8-7-13-21(23)26/h7-9,11-14,17,22H,5-6,10,15-16,18H2,1-4H3,(H,27,31)/t22-/m1/s1. The van der Waals surface area contributed by atoms with Crippen LogP contribution in [0.1, 0.15) is 38.7 Å². The molecule has 2 amide bonds. The maximum Gasteiger partial charge on any atom is 0.242 e. The van der Waals surface area contributed by atoms with Crippen molar-refractivity contribution in [1.82, 2.24) is 10.2 Å². The van der Waals surface area contributed by atoms with E-state index >= 15 is 0 Å². The lowest BCUT2D eigenvalue weighted by Crippen LogP contribution is -2.49. The van der Waals surface area contributed by atoms with Crippen molar-refractivity contribution in [3.63, 3.8) is 0 Å². The molecule has 0 aliphatic carbocycles. The van der Waals surface area contributed by atoms with Gasteiger partial charge in [-0.25, -0.2) is 12.8 Å². The predicted octanol–water partition coefficient (Wildman–Crippen LogP) is 3.32. The second kappa shape index (κ2) is 13.1. The van der Waals surface area contributed by atoms with Gasteiger partial charge in [0.2, 0.25) is 21.8 Å². The van der Waals surface area contributed by atoms with E-state index in [2.05, 4.69) is 5.32 Å². The number of hydrogen-bond donors (Lipinski definition) is 1. The third-order valence-electron chi connectivity index (χ3n) is 5.50. The molecule has 0 radical (unpaired) electrons. The fourth-order valence-corrected chi connectivity index (χ4v) is 4.78. The van der Waals surface area contributed by atoms with Crippen molar-refractivity contribution in [2.24, 2.45) is 0 Å². The molecule has 0 unspecified atom stereocenters. The van der Waals surface area contributed by atoms with Crippen LogP contribution in [0.3, 0.4) is 0 Å². The number of amides is 2. The maximum absolute atomic E-state index is 14.3. The zero-order valence-electron chi connectivity index (χ0n) is 20.7. The molecular formula is C25H34FN3O5S. The first-order valence-electron chi connectivity index (χ1n) is 11.5. The van der Waals surface area contributed by atoms with Crippen LogP contribution in [0.5, 0.6) is 5.75 Å². The number of halogens is 1. The Hall–Kier alpha value is -3.14. The minimum atomic E-state index is -3.77. The summed E-state index contributed by atoms with van der Waals surface area (Å²) in [5.74, 6) is -0.580. The van der Waals surface area contributed by atoms with Crippen molar-refractivity contribution in [3.05, 3.63) is 59.9 Å². The van der Waals surface area contributed by atoms with Crippen molar-refractivity contribution in [2.75, 3.05) is 30.8 Å². The van der Waals surface area contributed by atoms with Gasteiger partial charge in [-0.15, -0.1) is 0 Å². The molecule has 1 N–H and O–H groups in total. The van der Waals surface area contributed by atoms with E-state index in [-0.39, 0.29) is 43.4 Å². The lowest BCUT2D eigenvalue weighted by Gasteiger charge is -2.31. The number of carbonyl (C=O) groups is 2. The van der Waals surface area contributed by atoms with Gasteiger partial charge in [0.05, 0.1) is 19.1 Å². The largest absolute Gasteiger partial charge is 0.497 e. The molecule has 0 spiro atoms. The summed E-state index contributed by atoms with van der Waals surface area (Å²) in [6.07, 6.45) is 1.55. The van der Waals surface area contributed by atoms with E-state index in [4.69, 9.17) is 4.74 Å². The number of carbonyl (C=O) groups excluding carboxylic acids is 2. The minimum absolute atomic E-state index is 0.0135. The molecular weight excluding hydrogens is 473 g/mol. The summed E-state index contributed by atoms with van der Waals surface area (Å²) in [5.41, 5.74) is 0.731. The molecule has 0 bridgehead atoms. The summed E-state index contributed by atoms with van der Waals surface area (Å²) in [7, 11) is -2.22. The Bertz CT molecular complexity index is 1110. The van der Waals surface area contributed by atoms with Gasteiger partial charge in [-0.1, -0.05) is 31.2 Å². The summed E-state index contributed by atoms with van der Waals surface area (Å²) in [5, 5.41) is 2.78. The maximum atomic E-state index is 14.3. The van der Waals surface area contributed by atoms with E-state index in [1.165, 1.54) is 23.1 Å². The number of para-hydroxylation sites is 1. The molecule has 0 saturated carbocycles. The molecule has 2 aromatic rings. The highest BCUT2D eigenvalue weighted by atomic mass is 32.2. The number of hydrogen-bond acceptors (Lipinski definition) is 5. The monoisotopic (exact) mass is 507 g/mol. The van der Waals surface area contributed by atoms with Gasteiger partial charge in [-0.05, 0) is 49.6 Å². The van der Waals surface area contributed by atoms with Crippen molar-refractivity contribution < 1.29 is 27.1 Å². The smallest absolute Gasteiger partial charge is 0.242 e. The topological polar surface area (TPSA) is 96.0 Å². The van der Waals surface area contributed by atoms with Crippen LogP contribution in [-0.4, -0.2) is 57.6 Å². The number of likely N-dealkylation sites (N-methyl/N-ethyl adjacent to an activating group) is 1. The third-order valence-corrected chi connectivity index (χ3v) is 6.68. The average Bonchev–Trinajstić information content (AvgIpc) is 2.82. The fraction of sp³-hybridized carbons (Fsp3) is 0.440. The Morgan fingerprint density at radius 1 is 1.11 bits per heavy atom. The number of sulfonamides is 1. The highest BCUT2D eigenvalue weighted by Gasteiger charge is 2.29. The first-order chi connectivity index (χ1) is 16.6. The molecule has 0 aromatic heterocycles. The van der Waals surface area contributed by atoms with Crippen LogP contribution in [0.2, 0.25) is 0 Å². The molecule has 192 valence electrons. The molecule has 0 saturated heterocycles. The number of nitrogens with zero attached hydrogens (tertiary/aromatic N) is 2. The van der Waals surface area contributed by atoms with E-state index in [1.807, 2.05) is 19.1 Å². The van der Waals surface area contributed by atoms with Crippen molar-refractivity contribution >= 4 is 27.5 Å². The van der Waals surface area contributed by atoms with Gasteiger partial charge < -0.3 is 15.0 Å². The highest BCUT2D eigenvalue weighted by molar-refractivity contribution is 7.92. The molecule has 0 aliphatic rings. The van der Waals surface area contributed by atoms with Gasteiger partial charge in [0.15, 0.2) is 0 Å². The molecule has 0 heterocycles. The number of anilines is 1. The van der Waals surface area contributed by atoms with Crippen LogP contribution in [0.4, 0.5) is 10.1 Å². The SMILES string of the molecule is CCNC(=O)[C@@H](CC)N(Cc1cccc(OC)c1)C(=O)CCCN(c1ccccc1F)S(C)(=O)=O. The highest BCUT2D eigenvalue weighted by Crippen LogP contribution is 2.23. The Labute approximate surface area is 207 Å². The van der Waals surface area contributed by atoms with Crippen LogP contribution < -0.4 is 14.4 Å². The lowest BCUT2D eigenvalue weighted by molar-refractivity contribution is -0.141. The second-order valence-electron chi connectivity index (χ2n) is 8.08. The van der Waals surface area contributed by atoms with Gasteiger partial charge >= 0.3 is 0 Å². The first-order valence-corrected chi connectivity index (χ1v) is 13.4. The van der Waals surface area contributed by atoms with E-state index in [0.717, 1.165) is 16.1 Å². The summed E-state index contributed by atoms with van der Waals surface area (Å²) in [6.45, 7) is 4.18. The fourth-order valence-electron chi connectivity index (χ4n) is 3.82. The lowest BCUT2D eigenvalue weighted by atomic mass is 10.1. The molecule has 35 heavy (non-hydrogen) atoms. The molecule has 2 rings (SSSR count). The number of nitrogens with one attached hydrogen (secondary N) is 1. The average molecular weight is 508 g/mol. The van der Waals surface area contributed by atoms with Crippen molar-refractivity contribution in [2.45, 2.75) is 45.7 Å². The summed E-state index contributed by atoms with van der Waals surface area (Å²) < 4.78 is 45.1. The summed E-state index contributed by atoms with van der Waals surface area (Å²) in [4.78, 5) is 27.5. The van der Waals surface area contributed by atoms with E-state index in [0.29, 0.717) is 18.7 Å². The van der Waals surface area contributed by atoms with E-state index in [9.17, 15) is 22.4 Å². The zero-order chi connectivity index (χ0) is 26.0. The van der Waals surface area contributed by atoms with E-state index < -0.39 is 21.9 Å². The molecule has 2 aromatic carbocycles. The van der Waals surface area contributed by atoms with Crippen molar-refractivity contribution in [1.29, 1.82) is 0 Å². The van der Waals surface area contributed by atoms with Crippen LogP contribution in [0.25, 0.3) is 0 Å². The Kier molecular flexibility index (Phi) is 10.5. The second-order valence-corrected chi connectivity index (χ2v) is 9.99. The Balaban J connectivity index is 2.23. The first kappa shape index (κ1) is 28.1. The normalized spacial score (nSPS) is 12.0.